The monoisotopic (exact) mass is 321 g/mol. The van der Waals surface area contributed by atoms with Crippen LogP contribution in [0.2, 0.25) is 0 Å². The van der Waals surface area contributed by atoms with Gasteiger partial charge in [-0.15, -0.1) is 0 Å². The molecule has 0 saturated carbocycles. The Morgan fingerprint density at radius 3 is 2.83 bits per heavy atom. The highest BCUT2D eigenvalue weighted by Gasteiger charge is 2.34. The fraction of sp³-hybridized carbons (Fsp3) is 0.375. The van der Waals surface area contributed by atoms with Gasteiger partial charge in [-0.1, -0.05) is 5.16 Å². The van der Waals surface area contributed by atoms with E-state index in [9.17, 15) is 13.6 Å². The van der Waals surface area contributed by atoms with Gasteiger partial charge < -0.3 is 14.7 Å². The molecule has 1 N–H and O–H groups in total. The van der Waals surface area contributed by atoms with Gasteiger partial charge in [0.2, 0.25) is 0 Å². The van der Waals surface area contributed by atoms with E-state index in [4.69, 9.17) is 4.52 Å². The highest BCUT2D eigenvalue weighted by molar-refractivity contribution is 5.90. The fourth-order valence-corrected chi connectivity index (χ4v) is 3.05. The number of benzene rings is 1. The molecular weight excluding hydrogens is 304 g/mol. The van der Waals surface area contributed by atoms with Gasteiger partial charge in [-0.3, -0.25) is 0 Å². The third-order valence-electron chi connectivity index (χ3n) is 4.11. The van der Waals surface area contributed by atoms with Crippen LogP contribution >= 0.6 is 0 Å². The number of aryl methyl sites for hydroxylation is 2. The van der Waals surface area contributed by atoms with Crippen LogP contribution in [-0.4, -0.2) is 22.6 Å². The molecule has 1 aromatic carbocycles. The third-order valence-corrected chi connectivity index (χ3v) is 4.11. The molecule has 2 amide bonds. The number of amides is 2. The van der Waals surface area contributed by atoms with Gasteiger partial charge in [-0.05, 0) is 38.8 Å². The van der Waals surface area contributed by atoms with Crippen molar-refractivity contribution in [3.63, 3.8) is 0 Å². The average molecular weight is 321 g/mol. The van der Waals surface area contributed by atoms with Crippen molar-refractivity contribution in [3.05, 3.63) is 46.9 Å². The van der Waals surface area contributed by atoms with Crippen molar-refractivity contribution in [1.29, 1.82) is 0 Å². The van der Waals surface area contributed by atoms with Crippen LogP contribution in [0, 0.1) is 25.5 Å². The molecule has 1 aliphatic heterocycles. The molecule has 1 unspecified atom stereocenters. The Hall–Kier alpha value is -2.44. The summed E-state index contributed by atoms with van der Waals surface area (Å²) in [5, 5.41) is 6.43. The molecule has 2 aromatic rings. The van der Waals surface area contributed by atoms with Crippen molar-refractivity contribution >= 4 is 11.7 Å². The lowest BCUT2D eigenvalue weighted by molar-refractivity contribution is 0.206. The molecule has 1 atom stereocenters. The number of halogens is 2. The molecule has 1 saturated heterocycles. The zero-order valence-electron chi connectivity index (χ0n) is 12.9. The first-order valence-electron chi connectivity index (χ1n) is 7.43. The van der Waals surface area contributed by atoms with E-state index in [0.717, 1.165) is 36.2 Å². The van der Waals surface area contributed by atoms with Gasteiger partial charge in [0.05, 0.1) is 17.4 Å². The summed E-state index contributed by atoms with van der Waals surface area (Å²) in [6, 6.07) is 2.49. The van der Waals surface area contributed by atoms with Crippen LogP contribution in [0.15, 0.2) is 22.7 Å². The number of hydrogen-bond acceptors (Lipinski definition) is 3. The van der Waals surface area contributed by atoms with E-state index in [-0.39, 0.29) is 11.7 Å². The summed E-state index contributed by atoms with van der Waals surface area (Å²) < 4.78 is 31.8. The molecule has 0 spiro atoms. The summed E-state index contributed by atoms with van der Waals surface area (Å²) in [7, 11) is 0. The van der Waals surface area contributed by atoms with E-state index < -0.39 is 17.7 Å². The Morgan fingerprint density at radius 2 is 2.17 bits per heavy atom. The Bertz CT molecular complexity index is 725. The van der Waals surface area contributed by atoms with Crippen molar-refractivity contribution < 1.29 is 18.1 Å². The first kappa shape index (κ1) is 15.5. The second-order valence-corrected chi connectivity index (χ2v) is 5.64. The molecule has 0 aliphatic carbocycles. The number of urea groups is 1. The molecule has 1 aliphatic rings. The van der Waals surface area contributed by atoms with Crippen molar-refractivity contribution in [2.75, 3.05) is 11.9 Å². The van der Waals surface area contributed by atoms with E-state index >= 15 is 0 Å². The van der Waals surface area contributed by atoms with E-state index in [1.165, 1.54) is 6.07 Å². The lowest BCUT2D eigenvalue weighted by atomic mass is 10.0. The minimum absolute atomic E-state index is 0.0409. The SMILES string of the molecule is Cc1noc(C)c1C1CCCN1C(=O)Nc1ccc(F)cc1F. The maximum atomic E-state index is 13.7. The van der Waals surface area contributed by atoms with Crippen LogP contribution in [0.3, 0.4) is 0 Å². The van der Waals surface area contributed by atoms with Crippen LogP contribution in [-0.2, 0) is 0 Å². The zero-order chi connectivity index (χ0) is 16.6. The smallest absolute Gasteiger partial charge is 0.322 e. The van der Waals surface area contributed by atoms with Gasteiger partial charge in [0.15, 0.2) is 0 Å². The van der Waals surface area contributed by atoms with E-state index in [1.54, 1.807) is 4.90 Å². The van der Waals surface area contributed by atoms with Gasteiger partial charge in [0.25, 0.3) is 0 Å². The molecule has 0 bridgehead atoms. The third kappa shape index (κ3) is 2.91. The number of likely N-dealkylation sites (tertiary alicyclic amines) is 1. The van der Waals surface area contributed by atoms with Crippen molar-refractivity contribution in [2.24, 2.45) is 0 Å². The van der Waals surface area contributed by atoms with Crippen LogP contribution in [0.5, 0.6) is 0 Å². The summed E-state index contributed by atoms with van der Waals surface area (Å²) in [5.41, 5.74) is 1.61. The number of carbonyl (C=O) groups excluding carboxylic acids is 1. The number of carbonyl (C=O) groups is 1. The summed E-state index contributed by atoms with van der Waals surface area (Å²) in [6.45, 7) is 4.20. The predicted octanol–water partition coefficient (Wildman–Crippen LogP) is 3.94. The maximum absolute atomic E-state index is 13.7. The molecule has 0 radical (unpaired) electrons. The molecule has 1 aromatic heterocycles. The van der Waals surface area contributed by atoms with Crippen LogP contribution in [0.25, 0.3) is 0 Å². The number of rotatable bonds is 2. The van der Waals surface area contributed by atoms with Crippen molar-refractivity contribution in [3.8, 4) is 0 Å². The number of nitrogens with zero attached hydrogens (tertiary/aromatic N) is 2. The Morgan fingerprint density at radius 1 is 1.39 bits per heavy atom. The number of anilines is 1. The summed E-state index contributed by atoms with van der Waals surface area (Å²) in [6.07, 6.45) is 1.64. The Labute approximate surface area is 132 Å². The quantitative estimate of drug-likeness (QED) is 0.911. The number of hydrogen-bond donors (Lipinski definition) is 1. The first-order valence-corrected chi connectivity index (χ1v) is 7.43. The van der Waals surface area contributed by atoms with E-state index in [2.05, 4.69) is 10.5 Å². The summed E-state index contributed by atoms with van der Waals surface area (Å²) in [5.74, 6) is -0.804. The topological polar surface area (TPSA) is 58.4 Å². The van der Waals surface area contributed by atoms with Gasteiger partial charge >= 0.3 is 6.03 Å². The van der Waals surface area contributed by atoms with Crippen LogP contribution < -0.4 is 5.32 Å². The Kier molecular flexibility index (Phi) is 4.02. The lowest BCUT2D eigenvalue weighted by Crippen LogP contribution is -2.35. The average Bonchev–Trinajstić information content (AvgIpc) is 3.08. The second kappa shape index (κ2) is 5.98. The highest BCUT2D eigenvalue weighted by Crippen LogP contribution is 2.36. The van der Waals surface area contributed by atoms with E-state index in [0.29, 0.717) is 12.3 Å². The van der Waals surface area contributed by atoms with Gasteiger partial charge in [0.1, 0.15) is 17.4 Å². The predicted molar refractivity (Wildman–Crippen MR) is 80.0 cm³/mol. The molecule has 1 fully saturated rings. The molecule has 5 nitrogen and oxygen atoms in total. The molecule has 2 heterocycles. The van der Waals surface area contributed by atoms with Gasteiger partial charge in [-0.2, -0.15) is 0 Å². The number of aromatic nitrogens is 1. The second-order valence-electron chi connectivity index (χ2n) is 5.64. The summed E-state index contributed by atoms with van der Waals surface area (Å²) >= 11 is 0. The molecule has 3 rings (SSSR count). The van der Waals surface area contributed by atoms with Gasteiger partial charge in [0, 0.05) is 18.2 Å². The molecule has 7 heteroatoms. The fourth-order valence-electron chi connectivity index (χ4n) is 3.05. The Balaban J connectivity index is 1.81. The van der Waals surface area contributed by atoms with E-state index in [1.807, 2.05) is 13.8 Å². The molecular formula is C16H17F2N3O2. The molecule has 122 valence electrons. The lowest BCUT2D eigenvalue weighted by Gasteiger charge is -2.25. The molecule has 23 heavy (non-hydrogen) atoms. The number of nitrogens with one attached hydrogen (secondary N) is 1. The van der Waals surface area contributed by atoms with Gasteiger partial charge in [-0.25, -0.2) is 13.6 Å². The van der Waals surface area contributed by atoms with Crippen LogP contribution in [0.1, 0.15) is 35.9 Å². The van der Waals surface area contributed by atoms with Crippen LogP contribution in [0.4, 0.5) is 19.3 Å². The first-order chi connectivity index (χ1) is 11.0. The maximum Gasteiger partial charge on any atom is 0.322 e. The van der Waals surface area contributed by atoms with Crippen molar-refractivity contribution in [2.45, 2.75) is 32.7 Å². The zero-order valence-corrected chi connectivity index (χ0v) is 12.9. The van der Waals surface area contributed by atoms with Crippen molar-refractivity contribution in [1.82, 2.24) is 10.1 Å². The minimum atomic E-state index is -0.800. The summed E-state index contributed by atoms with van der Waals surface area (Å²) in [4.78, 5) is 14.1. The largest absolute Gasteiger partial charge is 0.361 e. The highest BCUT2D eigenvalue weighted by atomic mass is 19.1. The standard InChI is InChI=1S/C16H17F2N3O2/c1-9-15(10(2)23-20-9)14-4-3-7-21(14)16(22)19-13-6-5-11(17)8-12(13)18/h5-6,8,14H,3-4,7H2,1-2H3,(H,19,22). The minimum Gasteiger partial charge on any atom is -0.361 e. The normalized spacial score (nSPS) is 17.6.